The monoisotopic (exact) mass is 281 g/mol. The molecule has 2 aromatic rings. The fourth-order valence-corrected chi connectivity index (χ4v) is 2.88. The summed E-state index contributed by atoms with van der Waals surface area (Å²) in [4.78, 5) is 14.3. The number of nitrogens with zero attached hydrogens (tertiary/aromatic N) is 1. The first-order valence-electron chi connectivity index (χ1n) is 7.33. The van der Waals surface area contributed by atoms with E-state index in [0.29, 0.717) is 12.3 Å². The Balaban J connectivity index is 1.61. The predicted molar refractivity (Wildman–Crippen MR) is 82.2 cm³/mol. The Bertz CT molecular complexity index is 607. The topological polar surface area (TPSA) is 40.5 Å². The number of carbonyl (C=O) groups excluding carboxylic acids is 1. The molecule has 0 saturated carbocycles. The molecule has 0 aliphatic carbocycles. The average Bonchev–Trinajstić information content (AvgIpc) is 3.00. The van der Waals surface area contributed by atoms with E-state index in [9.17, 15) is 9.90 Å². The average molecular weight is 281 g/mol. The Labute approximate surface area is 124 Å². The molecule has 1 unspecified atom stereocenters. The minimum Gasteiger partial charge on any atom is -0.508 e. The first kappa shape index (κ1) is 13.7. The van der Waals surface area contributed by atoms with Crippen LogP contribution in [-0.2, 0) is 11.2 Å². The smallest absolute Gasteiger partial charge is 0.227 e. The predicted octanol–water partition coefficient (Wildman–Crippen LogP) is 2.95. The van der Waals surface area contributed by atoms with E-state index in [1.165, 1.54) is 5.56 Å². The highest BCUT2D eigenvalue weighted by molar-refractivity contribution is 5.79. The van der Waals surface area contributed by atoms with E-state index in [0.717, 1.165) is 25.1 Å². The van der Waals surface area contributed by atoms with Gasteiger partial charge in [-0.15, -0.1) is 0 Å². The summed E-state index contributed by atoms with van der Waals surface area (Å²) in [5.41, 5.74) is 2.26. The number of rotatable bonds is 3. The fraction of sp³-hybridized carbons (Fsp3) is 0.278. The van der Waals surface area contributed by atoms with Gasteiger partial charge < -0.3 is 10.0 Å². The summed E-state index contributed by atoms with van der Waals surface area (Å²) in [6, 6.07) is 17.3. The molecular formula is C18H19NO2. The van der Waals surface area contributed by atoms with Gasteiger partial charge in [0, 0.05) is 19.0 Å². The lowest BCUT2D eigenvalue weighted by atomic mass is 9.99. The zero-order chi connectivity index (χ0) is 14.7. The van der Waals surface area contributed by atoms with E-state index < -0.39 is 0 Å². The van der Waals surface area contributed by atoms with Gasteiger partial charge >= 0.3 is 0 Å². The molecule has 1 amide bonds. The Morgan fingerprint density at radius 2 is 1.81 bits per heavy atom. The Kier molecular flexibility index (Phi) is 3.91. The van der Waals surface area contributed by atoms with Crippen molar-refractivity contribution in [3.8, 4) is 5.75 Å². The zero-order valence-electron chi connectivity index (χ0n) is 11.9. The van der Waals surface area contributed by atoms with Crippen LogP contribution in [0.5, 0.6) is 5.75 Å². The van der Waals surface area contributed by atoms with Crippen LogP contribution in [-0.4, -0.2) is 29.0 Å². The SMILES string of the molecule is O=C(Cc1ccc(O)cc1)N1CCC(c2ccccc2)C1. The van der Waals surface area contributed by atoms with Gasteiger partial charge in [0.25, 0.3) is 0 Å². The summed E-state index contributed by atoms with van der Waals surface area (Å²) in [5, 5.41) is 9.27. The third-order valence-electron chi connectivity index (χ3n) is 4.10. The van der Waals surface area contributed by atoms with Crippen molar-refractivity contribution >= 4 is 5.91 Å². The number of benzene rings is 2. The number of hydrogen-bond donors (Lipinski definition) is 1. The lowest BCUT2D eigenvalue weighted by Gasteiger charge is -2.17. The highest BCUT2D eigenvalue weighted by Gasteiger charge is 2.26. The van der Waals surface area contributed by atoms with Crippen LogP contribution in [0.15, 0.2) is 54.6 Å². The number of phenols is 1. The summed E-state index contributed by atoms with van der Waals surface area (Å²) in [7, 11) is 0. The number of likely N-dealkylation sites (tertiary alicyclic amines) is 1. The van der Waals surface area contributed by atoms with Crippen molar-refractivity contribution in [3.63, 3.8) is 0 Å². The van der Waals surface area contributed by atoms with Crippen molar-refractivity contribution in [1.29, 1.82) is 0 Å². The van der Waals surface area contributed by atoms with E-state index >= 15 is 0 Å². The van der Waals surface area contributed by atoms with Gasteiger partial charge in [0.15, 0.2) is 0 Å². The van der Waals surface area contributed by atoms with Gasteiger partial charge in [-0.25, -0.2) is 0 Å². The van der Waals surface area contributed by atoms with Gasteiger partial charge in [-0.1, -0.05) is 42.5 Å². The van der Waals surface area contributed by atoms with Crippen LogP contribution in [0.2, 0.25) is 0 Å². The van der Waals surface area contributed by atoms with Crippen LogP contribution in [0.1, 0.15) is 23.5 Å². The van der Waals surface area contributed by atoms with Crippen molar-refractivity contribution in [2.24, 2.45) is 0 Å². The first-order chi connectivity index (χ1) is 10.2. The summed E-state index contributed by atoms with van der Waals surface area (Å²) in [6.07, 6.45) is 1.44. The molecule has 1 aliphatic heterocycles. The molecular weight excluding hydrogens is 262 g/mol. The molecule has 3 nitrogen and oxygen atoms in total. The quantitative estimate of drug-likeness (QED) is 0.939. The second-order valence-corrected chi connectivity index (χ2v) is 5.58. The lowest BCUT2D eigenvalue weighted by Crippen LogP contribution is -2.29. The summed E-state index contributed by atoms with van der Waals surface area (Å²) >= 11 is 0. The van der Waals surface area contributed by atoms with Gasteiger partial charge in [-0.2, -0.15) is 0 Å². The molecule has 1 N–H and O–H groups in total. The number of hydrogen-bond acceptors (Lipinski definition) is 2. The van der Waals surface area contributed by atoms with Crippen LogP contribution in [0.25, 0.3) is 0 Å². The Morgan fingerprint density at radius 1 is 1.10 bits per heavy atom. The van der Waals surface area contributed by atoms with Crippen molar-refractivity contribution in [3.05, 3.63) is 65.7 Å². The van der Waals surface area contributed by atoms with E-state index in [1.807, 2.05) is 11.0 Å². The number of carbonyl (C=O) groups is 1. The second-order valence-electron chi connectivity index (χ2n) is 5.58. The number of amides is 1. The lowest BCUT2D eigenvalue weighted by molar-refractivity contribution is -0.129. The van der Waals surface area contributed by atoms with E-state index in [1.54, 1.807) is 24.3 Å². The molecule has 1 saturated heterocycles. The minimum absolute atomic E-state index is 0.166. The molecule has 0 bridgehead atoms. The van der Waals surface area contributed by atoms with E-state index in [2.05, 4.69) is 24.3 Å². The molecule has 1 aliphatic rings. The normalized spacial score (nSPS) is 17.9. The fourth-order valence-electron chi connectivity index (χ4n) is 2.88. The first-order valence-corrected chi connectivity index (χ1v) is 7.33. The number of aromatic hydroxyl groups is 1. The van der Waals surface area contributed by atoms with Crippen LogP contribution in [0, 0.1) is 0 Å². The Morgan fingerprint density at radius 3 is 2.52 bits per heavy atom. The van der Waals surface area contributed by atoms with Gasteiger partial charge in [-0.05, 0) is 29.7 Å². The highest BCUT2D eigenvalue weighted by atomic mass is 16.3. The van der Waals surface area contributed by atoms with Crippen molar-refractivity contribution < 1.29 is 9.90 Å². The van der Waals surface area contributed by atoms with E-state index in [4.69, 9.17) is 0 Å². The highest BCUT2D eigenvalue weighted by Crippen LogP contribution is 2.27. The third kappa shape index (κ3) is 3.24. The van der Waals surface area contributed by atoms with Crippen LogP contribution in [0.3, 0.4) is 0 Å². The molecule has 1 atom stereocenters. The molecule has 1 heterocycles. The maximum atomic E-state index is 12.3. The largest absolute Gasteiger partial charge is 0.508 e. The molecule has 108 valence electrons. The number of phenolic OH excluding ortho intramolecular Hbond substituents is 1. The zero-order valence-corrected chi connectivity index (χ0v) is 11.9. The summed E-state index contributed by atoms with van der Waals surface area (Å²) in [5.74, 6) is 0.852. The van der Waals surface area contributed by atoms with Crippen molar-refractivity contribution in [1.82, 2.24) is 4.90 Å². The van der Waals surface area contributed by atoms with Crippen LogP contribution in [0.4, 0.5) is 0 Å². The molecule has 21 heavy (non-hydrogen) atoms. The maximum absolute atomic E-state index is 12.3. The van der Waals surface area contributed by atoms with Crippen LogP contribution >= 0.6 is 0 Å². The van der Waals surface area contributed by atoms with Gasteiger partial charge in [0.1, 0.15) is 5.75 Å². The molecule has 0 aromatic heterocycles. The Hall–Kier alpha value is -2.29. The third-order valence-corrected chi connectivity index (χ3v) is 4.10. The van der Waals surface area contributed by atoms with Gasteiger partial charge in [-0.3, -0.25) is 4.79 Å². The van der Waals surface area contributed by atoms with Gasteiger partial charge in [0.05, 0.1) is 6.42 Å². The second kappa shape index (κ2) is 6.00. The molecule has 0 spiro atoms. The summed E-state index contributed by atoms with van der Waals surface area (Å²) < 4.78 is 0. The molecule has 0 radical (unpaired) electrons. The van der Waals surface area contributed by atoms with Crippen molar-refractivity contribution in [2.75, 3.05) is 13.1 Å². The van der Waals surface area contributed by atoms with Crippen molar-refractivity contribution in [2.45, 2.75) is 18.8 Å². The molecule has 3 rings (SSSR count). The molecule has 2 aromatic carbocycles. The minimum atomic E-state index is 0.166. The van der Waals surface area contributed by atoms with Crippen LogP contribution < -0.4 is 0 Å². The maximum Gasteiger partial charge on any atom is 0.227 e. The van der Waals surface area contributed by atoms with E-state index in [-0.39, 0.29) is 11.7 Å². The summed E-state index contributed by atoms with van der Waals surface area (Å²) in [6.45, 7) is 1.64. The van der Waals surface area contributed by atoms with Gasteiger partial charge in [0.2, 0.25) is 5.91 Å². The molecule has 3 heteroatoms. The molecule has 1 fully saturated rings. The standard InChI is InChI=1S/C18H19NO2/c20-17-8-6-14(7-9-17)12-18(21)19-11-10-16(13-19)15-4-2-1-3-5-15/h1-9,16,20H,10-13H2.